The summed E-state index contributed by atoms with van der Waals surface area (Å²) in [7, 11) is 1.21. The predicted octanol–water partition coefficient (Wildman–Crippen LogP) is 0.617. The van der Waals surface area contributed by atoms with E-state index in [9.17, 15) is 9.59 Å². The van der Waals surface area contributed by atoms with Crippen LogP contribution in [0.3, 0.4) is 0 Å². The fourth-order valence-corrected chi connectivity index (χ4v) is 1.83. The third kappa shape index (κ3) is 3.72. The lowest BCUT2D eigenvalue weighted by Gasteiger charge is -2.04. The average molecular weight is 256 g/mol. The molecule has 0 spiro atoms. The third-order valence-corrected chi connectivity index (χ3v) is 2.81. The molecule has 0 aliphatic heterocycles. The highest BCUT2D eigenvalue weighted by Crippen LogP contribution is 2.19. The van der Waals surface area contributed by atoms with Gasteiger partial charge in [0.2, 0.25) is 0 Å². The molecule has 3 N–H and O–H groups in total. The van der Waals surface area contributed by atoms with E-state index in [2.05, 4.69) is 9.72 Å². The molecule has 0 fully saturated rings. The zero-order chi connectivity index (χ0) is 12.8. The molecular weight excluding hydrogens is 244 g/mol. The van der Waals surface area contributed by atoms with Crippen LogP contribution in [-0.2, 0) is 4.74 Å². The minimum Gasteiger partial charge on any atom is -0.477 e. The Kier molecular flexibility index (Phi) is 4.92. The van der Waals surface area contributed by atoms with Gasteiger partial charge in [0, 0.05) is 17.2 Å². The van der Waals surface area contributed by atoms with Gasteiger partial charge in [-0.25, -0.2) is 14.6 Å². The first kappa shape index (κ1) is 13.5. The van der Waals surface area contributed by atoms with Crippen LogP contribution in [0, 0.1) is 0 Å². The Balaban J connectivity index is 3.09. The van der Waals surface area contributed by atoms with Crippen molar-refractivity contribution in [2.45, 2.75) is 4.90 Å². The molecule has 92 valence electrons. The summed E-state index contributed by atoms with van der Waals surface area (Å²) in [5.41, 5.74) is 5.14. The molecule has 1 heterocycles. The molecule has 1 aromatic rings. The summed E-state index contributed by atoms with van der Waals surface area (Å²) in [6.07, 6.45) is 0. The van der Waals surface area contributed by atoms with E-state index in [1.807, 2.05) is 0 Å². The van der Waals surface area contributed by atoms with Crippen molar-refractivity contribution in [2.75, 3.05) is 19.4 Å². The zero-order valence-corrected chi connectivity index (χ0v) is 9.99. The number of carbonyl (C=O) groups is 2. The van der Waals surface area contributed by atoms with E-state index < -0.39 is 11.9 Å². The fourth-order valence-electron chi connectivity index (χ4n) is 1.08. The third-order valence-electron chi connectivity index (χ3n) is 1.80. The van der Waals surface area contributed by atoms with Crippen LogP contribution in [0.2, 0.25) is 0 Å². The number of hydrogen-bond donors (Lipinski definition) is 2. The number of methoxy groups -OCH3 is 1. The zero-order valence-electron chi connectivity index (χ0n) is 9.17. The van der Waals surface area contributed by atoms with Crippen molar-refractivity contribution < 1.29 is 19.4 Å². The maximum atomic E-state index is 11.3. The minimum atomic E-state index is -1.19. The first-order valence-corrected chi connectivity index (χ1v) is 5.73. The van der Waals surface area contributed by atoms with Gasteiger partial charge < -0.3 is 15.6 Å². The highest BCUT2D eigenvalue weighted by Gasteiger charge is 2.14. The predicted molar refractivity (Wildman–Crippen MR) is 62.3 cm³/mol. The molecule has 1 rings (SSSR count). The number of rotatable bonds is 5. The molecule has 17 heavy (non-hydrogen) atoms. The number of carbonyl (C=O) groups excluding carboxylic acids is 1. The Hall–Kier alpha value is -1.60. The summed E-state index contributed by atoms with van der Waals surface area (Å²) < 4.78 is 4.50. The second-order valence-electron chi connectivity index (χ2n) is 3.01. The largest absolute Gasteiger partial charge is 0.477 e. The van der Waals surface area contributed by atoms with Gasteiger partial charge in [0.25, 0.3) is 0 Å². The highest BCUT2D eigenvalue weighted by atomic mass is 32.2. The van der Waals surface area contributed by atoms with Gasteiger partial charge in [0.15, 0.2) is 0 Å². The standard InChI is InChI=1S/C10H12N2O4S/c1-16-10(15)8-5-6(17-3-2-11)4-7(12-8)9(13)14/h4-5H,2-3,11H2,1H3,(H,13,14). The number of esters is 1. The molecule has 0 amide bonds. The molecule has 0 aromatic carbocycles. The van der Waals surface area contributed by atoms with Crippen molar-refractivity contribution in [3.8, 4) is 0 Å². The molecule has 6 nitrogen and oxygen atoms in total. The monoisotopic (exact) mass is 256 g/mol. The number of carboxylic acid groups (broad SMARTS) is 1. The van der Waals surface area contributed by atoms with Gasteiger partial charge in [-0.2, -0.15) is 0 Å². The van der Waals surface area contributed by atoms with E-state index in [-0.39, 0.29) is 11.4 Å². The number of thioether (sulfide) groups is 1. The molecule has 7 heteroatoms. The van der Waals surface area contributed by atoms with Crippen LogP contribution < -0.4 is 5.73 Å². The Morgan fingerprint density at radius 2 is 2.12 bits per heavy atom. The van der Waals surface area contributed by atoms with Crippen LogP contribution in [0.25, 0.3) is 0 Å². The molecule has 0 saturated carbocycles. The molecule has 1 aromatic heterocycles. The van der Waals surface area contributed by atoms with Crippen molar-refractivity contribution in [3.05, 3.63) is 23.5 Å². The van der Waals surface area contributed by atoms with Crippen molar-refractivity contribution in [1.82, 2.24) is 4.98 Å². The summed E-state index contributed by atoms with van der Waals surface area (Å²) in [6, 6.07) is 2.88. The number of nitrogens with zero attached hydrogens (tertiary/aromatic N) is 1. The van der Waals surface area contributed by atoms with Crippen molar-refractivity contribution in [3.63, 3.8) is 0 Å². The SMILES string of the molecule is COC(=O)c1cc(SCCN)cc(C(=O)O)n1. The number of pyridine rings is 1. The van der Waals surface area contributed by atoms with Crippen LogP contribution in [-0.4, -0.2) is 41.4 Å². The lowest BCUT2D eigenvalue weighted by molar-refractivity contribution is 0.0593. The van der Waals surface area contributed by atoms with Gasteiger partial charge >= 0.3 is 11.9 Å². The van der Waals surface area contributed by atoms with Crippen molar-refractivity contribution in [2.24, 2.45) is 5.73 Å². The lowest BCUT2D eigenvalue weighted by atomic mass is 10.3. The normalized spacial score (nSPS) is 10.0. The Labute approximate surface area is 102 Å². The van der Waals surface area contributed by atoms with E-state index >= 15 is 0 Å². The molecule has 0 unspecified atom stereocenters. The topological polar surface area (TPSA) is 103 Å². The van der Waals surface area contributed by atoms with Gasteiger partial charge in [-0.3, -0.25) is 0 Å². The first-order chi connectivity index (χ1) is 8.08. The molecule has 0 saturated heterocycles. The summed E-state index contributed by atoms with van der Waals surface area (Å²) in [4.78, 5) is 26.5. The van der Waals surface area contributed by atoms with E-state index in [1.54, 1.807) is 0 Å². The van der Waals surface area contributed by atoms with Crippen molar-refractivity contribution >= 4 is 23.7 Å². The van der Waals surface area contributed by atoms with Gasteiger partial charge in [-0.15, -0.1) is 11.8 Å². The average Bonchev–Trinajstić information content (AvgIpc) is 2.34. The van der Waals surface area contributed by atoms with E-state index in [0.29, 0.717) is 17.2 Å². The van der Waals surface area contributed by atoms with Crippen LogP contribution in [0.1, 0.15) is 21.0 Å². The van der Waals surface area contributed by atoms with Gasteiger partial charge in [-0.1, -0.05) is 0 Å². The molecule has 0 bridgehead atoms. The van der Waals surface area contributed by atoms with Crippen LogP contribution in [0.15, 0.2) is 17.0 Å². The second kappa shape index (κ2) is 6.21. The number of nitrogens with two attached hydrogens (primary N) is 1. The fraction of sp³-hybridized carbons (Fsp3) is 0.300. The van der Waals surface area contributed by atoms with E-state index in [1.165, 1.54) is 31.0 Å². The Bertz CT molecular complexity index is 436. The summed E-state index contributed by atoms with van der Waals surface area (Å²) in [5.74, 6) is -1.23. The second-order valence-corrected chi connectivity index (χ2v) is 4.18. The minimum absolute atomic E-state index is 0.0214. The number of hydrogen-bond acceptors (Lipinski definition) is 6. The first-order valence-electron chi connectivity index (χ1n) is 4.75. The van der Waals surface area contributed by atoms with Gasteiger partial charge in [0.05, 0.1) is 7.11 Å². The quantitative estimate of drug-likeness (QED) is 0.588. The molecule has 0 aliphatic rings. The Morgan fingerprint density at radius 1 is 1.47 bits per heavy atom. The van der Waals surface area contributed by atoms with Crippen LogP contribution in [0.4, 0.5) is 0 Å². The summed E-state index contributed by atoms with van der Waals surface area (Å²) in [5, 5.41) is 8.87. The van der Waals surface area contributed by atoms with E-state index in [4.69, 9.17) is 10.8 Å². The molecular formula is C10H12N2O4S. The summed E-state index contributed by atoms with van der Waals surface area (Å²) >= 11 is 1.36. The maximum absolute atomic E-state index is 11.3. The number of carboxylic acids is 1. The number of ether oxygens (including phenoxy) is 1. The van der Waals surface area contributed by atoms with Crippen LogP contribution in [0.5, 0.6) is 0 Å². The Morgan fingerprint density at radius 3 is 2.65 bits per heavy atom. The smallest absolute Gasteiger partial charge is 0.356 e. The van der Waals surface area contributed by atoms with Crippen LogP contribution >= 0.6 is 11.8 Å². The number of aromatic carboxylic acids is 1. The van der Waals surface area contributed by atoms with Gasteiger partial charge in [-0.05, 0) is 12.1 Å². The van der Waals surface area contributed by atoms with Crippen molar-refractivity contribution in [1.29, 1.82) is 0 Å². The van der Waals surface area contributed by atoms with E-state index in [0.717, 1.165) is 0 Å². The maximum Gasteiger partial charge on any atom is 0.356 e. The number of aromatic nitrogens is 1. The molecule has 0 atom stereocenters. The lowest BCUT2D eigenvalue weighted by Crippen LogP contribution is -2.10. The summed E-state index contributed by atoms with van der Waals surface area (Å²) in [6.45, 7) is 0.461. The molecule has 0 radical (unpaired) electrons. The van der Waals surface area contributed by atoms with Gasteiger partial charge in [0.1, 0.15) is 11.4 Å². The highest BCUT2D eigenvalue weighted by molar-refractivity contribution is 7.99. The molecule has 0 aliphatic carbocycles.